The Morgan fingerprint density at radius 3 is 2.29 bits per heavy atom. The summed E-state index contributed by atoms with van der Waals surface area (Å²) in [6.07, 6.45) is 0. The van der Waals surface area contributed by atoms with E-state index < -0.39 is 18.4 Å². The van der Waals surface area contributed by atoms with Crippen molar-refractivity contribution in [1.29, 1.82) is 0 Å². The first-order valence-corrected chi connectivity index (χ1v) is 9.63. The monoisotopic (exact) mass is 435 g/mol. The van der Waals surface area contributed by atoms with Gasteiger partial charge in [0.15, 0.2) is 18.2 Å². The SMILES string of the molecule is O=C(COC(=O)c1nc(-c2ccccc2)n(-c2ccc(F)cc2)n1)c1ccc(Cl)cc1. The van der Waals surface area contributed by atoms with Crippen molar-refractivity contribution in [2.24, 2.45) is 0 Å². The maximum Gasteiger partial charge on any atom is 0.378 e. The van der Waals surface area contributed by atoms with Crippen molar-refractivity contribution in [3.63, 3.8) is 0 Å². The van der Waals surface area contributed by atoms with Crippen molar-refractivity contribution >= 4 is 23.4 Å². The molecule has 0 atom stereocenters. The fourth-order valence-corrected chi connectivity index (χ4v) is 2.98. The average Bonchev–Trinajstić information content (AvgIpc) is 3.24. The Hall–Kier alpha value is -3.84. The van der Waals surface area contributed by atoms with Gasteiger partial charge in [-0.3, -0.25) is 4.79 Å². The molecule has 0 radical (unpaired) electrons. The second-order valence-corrected chi connectivity index (χ2v) is 6.96. The van der Waals surface area contributed by atoms with Crippen LogP contribution < -0.4 is 0 Å². The summed E-state index contributed by atoms with van der Waals surface area (Å²) in [5, 5.41) is 4.73. The van der Waals surface area contributed by atoms with Crippen LogP contribution in [0, 0.1) is 5.82 Å². The van der Waals surface area contributed by atoms with Crippen molar-refractivity contribution < 1.29 is 18.7 Å². The van der Waals surface area contributed by atoms with Gasteiger partial charge < -0.3 is 4.74 Å². The third kappa shape index (κ3) is 4.67. The van der Waals surface area contributed by atoms with Crippen molar-refractivity contribution in [2.45, 2.75) is 0 Å². The number of benzene rings is 3. The van der Waals surface area contributed by atoms with Gasteiger partial charge in [-0.25, -0.2) is 18.9 Å². The second-order valence-electron chi connectivity index (χ2n) is 6.52. The molecule has 1 heterocycles. The van der Waals surface area contributed by atoms with E-state index in [0.29, 0.717) is 27.7 Å². The van der Waals surface area contributed by atoms with Crippen LogP contribution in [0.15, 0.2) is 78.9 Å². The van der Waals surface area contributed by atoms with Crippen molar-refractivity contribution in [3.8, 4) is 17.1 Å². The van der Waals surface area contributed by atoms with Gasteiger partial charge >= 0.3 is 5.97 Å². The van der Waals surface area contributed by atoms with Crippen molar-refractivity contribution in [1.82, 2.24) is 14.8 Å². The third-order valence-electron chi connectivity index (χ3n) is 4.39. The molecule has 0 aliphatic carbocycles. The zero-order valence-electron chi connectivity index (χ0n) is 16.0. The summed E-state index contributed by atoms with van der Waals surface area (Å²) in [6, 6.07) is 21.0. The average molecular weight is 436 g/mol. The highest BCUT2D eigenvalue weighted by Gasteiger charge is 2.21. The molecular weight excluding hydrogens is 421 g/mol. The van der Waals surface area contributed by atoms with Gasteiger partial charge in [-0.2, -0.15) is 0 Å². The van der Waals surface area contributed by atoms with Crippen LogP contribution in [0.1, 0.15) is 21.0 Å². The summed E-state index contributed by atoms with van der Waals surface area (Å²) in [4.78, 5) is 29.1. The van der Waals surface area contributed by atoms with E-state index >= 15 is 0 Å². The molecule has 0 spiro atoms. The first kappa shape index (κ1) is 20.4. The van der Waals surface area contributed by atoms with Crippen molar-refractivity contribution in [3.05, 3.63) is 101 Å². The Morgan fingerprint density at radius 1 is 0.935 bits per heavy atom. The standard InChI is InChI=1S/C23H15ClFN3O3/c24-17-8-6-15(7-9-17)20(29)14-31-23(30)21-26-22(16-4-2-1-3-5-16)28(27-21)19-12-10-18(25)11-13-19/h1-13H,14H2. The van der Waals surface area contributed by atoms with E-state index in [9.17, 15) is 14.0 Å². The Bertz CT molecular complexity index is 1220. The molecule has 8 heteroatoms. The molecule has 1 aromatic heterocycles. The van der Waals surface area contributed by atoms with Crippen LogP contribution in [-0.2, 0) is 4.74 Å². The molecule has 0 N–H and O–H groups in total. The van der Waals surface area contributed by atoms with Gasteiger partial charge in [0, 0.05) is 16.1 Å². The Labute approximate surface area is 181 Å². The summed E-state index contributed by atoms with van der Waals surface area (Å²) in [7, 11) is 0. The molecule has 0 aliphatic rings. The molecule has 4 rings (SSSR count). The predicted octanol–water partition coefficient (Wildman–Crippen LogP) is 4.77. The number of carbonyl (C=O) groups excluding carboxylic acids is 2. The fourth-order valence-electron chi connectivity index (χ4n) is 2.85. The van der Waals surface area contributed by atoms with E-state index in [2.05, 4.69) is 10.1 Å². The molecule has 0 saturated carbocycles. The molecule has 31 heavy (non-hydrogen) atoms. The fraction of sp³-hybridized carbons (Fsp3) is 0.0435. The minimum absolute atomic E-state index is 0.216. The van der Waals surface area contributed by atoms with Crippen LogP contribution in [0.25, 0.3) is 17.1 Å². The number of aromatic nitrogens is 3. The molecule has 0 unspecified atom stereocenters. The van der Waals surface area contributed by atoms with E-state index in [1.807, 2.05) is 30.3 Å². The van der Waals surface area contributed by atoms with Crippen LogP contribution in [0.2, 0.25) is 5.02 Å². The lowest BCUT2D eigenvalue weighted by Gasteiger charge is -2.05. The number of rotatable bonds is 6. The summed E-state index contributed by atoms with van der Waals surface area (Å²) < 4.78 is 19.9. The molecule has 0 saturated heterocycles. The highest BCUT2D eigenvalue weighted by atomic mass is 35.5. The third-order valence-corrected chi connectivity index (χ3v) is 4.65. The predicted molar refractivity (Wildman–Crippen MR) is 113 cm³/mol. The molecule has 4 aromatic rings. The second kappa shape index (κ2) is 8.89. The summed E-state index contributed by atoms with van der Waals surface area (Å²) in [5.41, 5.74) is 1.59. The molecule has 3 aromatic carbocycles. The Balaban J connectivity index is 1.59. The highest BCUT2D eigenvalue weighted by molar-refractivity contribution is 6.30. The molecule has 154 valence electrons. The van der Waals surface area contributed by atoms with Gasteiger partial charge in [-0.15, -0.1) is 5.10 Å². The largest absolute Gasteiger partial charge is 0.451 e. The lowest BCUT2D eigenvalue weighted by molar-refractivity contribution is 0.0462. The molecule has 0 amide bonds. The summed E-state index contributed by atoms with van der Waals surface area (Å²) in [6.45, 7) is -0.466. The van der Waals surface area contributed by atoms with Gasteiger partial charge in [0.1, 0.15) is 5.82 Å². The van der Waals surface area contributed by atoms with Gasteiger partial charge in [0.05, 0.1) is 5.69 Å². The number of hydrogen-bond donors (Lipinski definition) is 0. The number of halogens is 2. The number of esters is 1. The van der Waals surface area contributed by atoms with Gasteiger partial charge in [-0.05, 0) is 48.5 Å². The zero-order chi connectivity index (χ0) is 21.8. The lowest BCUT2D eigenvalue weighted by atomic mass is 10.1. The van der Waals surface area contributed by atoms with Crippen LogP contribution in [0.4, 0.5) is 4.39 Å². The maximum atomic E-state index is 13.3. The van der Waals surface area contributed by atoms with Crippen LogP contribution >= 0.6 is 11.6 Å². The Morgan fingerprint density at radius 2 is 1.61 bits per heavy atom. The zero-order valence-corrected chi connectivity index (χ0v) is 16.8. The van der Waals surface area contributed by atoms with Gasteiger partial charge in [0.2, 0.25) is 0 Å². The van der Waals surface area contributed by atoms with Crippen LogP contribution in [0.3, 0.4) is 0 Å². The van der Waals surface area contributed by atoms with Crippen molar-refractivity contribution in [2.75, 3.05) is 6.61 Å². The normalized spacial score (nSPS) is 10.6. The maximum absolute atomic E-state index is 13.3. The number of ketones is 1. The van der Waals surface area contributed by atoms with Gasteiger partial charge in [0.25, 0.3) is 5.82 Å². The minimum atomic E-state index is -0.847. The smallest absolute Gasteiger partial charge is 0.378 e. The van der Waals surface area contributed by atoms with E-state index in [1.54, 1.807) is 24.3 Å². The summed E-state index contributed by atoms with van der Waals surface area (Å²) >= 11 is 5.81. The van der Waals surface area contributed by atoms with E-state index in [4.69, 9.17) is 16.3 Å². The molecule has 6 nitrogen and oxygen atoms in total. The van der Waals surface area contributed by atoms with E-state index in [-0.39, 0.29) is 11.6 Å². The van der Waals surface area contributed by atoms with E-state index in [0.717, 1.165) is 0 Å². The van der Waals surface area contributed by atoms with Gasteiger partial charge in [-0.1, -0.05) is 41.9 Å². The number of hydrogen-bond acceptors (Lipinski definition) is 5. The summed E-state index contributed by atoms with van der Waals surface area (Å²) in [5.74, 6) is -1.47. The quantitative estimate of drug-likeness (QED) is 0.322. The lowest BCUT2D eigenvalue weighted by Crippen LogP contribution is -2.15. The Kier molecular flexibility index (Phi) is 5.86. The minimum Gasteiger partial charge on any atom is -0.451 e. The highest BCUT2D eigenvalue weighted by Crippen LogP contribution is 2.21. The number of nitrogens with zero attached hydrogens (tertiary/aromatic N) is 3. The topological polar surface area (TPSA) is 74.1 Å². The molecule has 0 fully saturated rings. The number of ether oxygens (including phenoxy) is 1. The molecular formula is C23H15ClFN3O3. The molecule has 0 aliphatic heterocycles. The molecule has 0 bridgehead atoms. The van der Waals surface area contributed by atoms with Crippen LogP contribution in [0.5, 0.6) is 0 Å². The first-order chi connectivity index (χ1) is 15.0. The number of Topliss-reactive ketones (excluding diaryl/α,β-unsaturated/α-hetero) is 1. The van der Waals surface area contributed by atoms with Crippen LogP contribution in [-0.4, -0.2) is 33.1 Å². The first-order valence-electron chi connectivity index (χ1n) is 9.25. The number of carbonyl (C=O) groups is 2. The van der Waals surface area contributed by atoms with E-state index in [1.165, 1.54) is 28.9 Å².